The molecule has 49 heavy (non-hydrogen) atoms. The average molecular weight is 695 g/mol. The van der Waals surface area contributed by atoms with Gasteiger partial charge in [0.15, 0.2) is 6.10 Å². The van der Waals surface area contributed by atoms with E-state index in [1.807, 2.05) is 0 Å². The van der Waals surface area contributed by atoms with E-state index in [1.54, 1.807) is 0 Å². The van der Waals surface area contributed by atoms with Crippen LogP contribution in [0.1, 0.15) is 233 Å². The van der Waals surface area contributed by atoms with Crippen LogP contribution in [0.3, 0.4) is 0 Å². The van der Waals surface area contributed by atoms with Gasteiger partial charge in [0, 0.05) is 19.3 Å². The second-order valence-corrected chi connectivity index (χ2v) is 15.1. The predicted octanol–water partition coefficient (Wildman–Crippen LogP) is 13.2. The summed E-state index contributed by atoms with van der Waals surface area (Å²) in [6.45, 7) is 8.90. The van der Waals surface area contributed by atoms with E-state index in [4.69, 9.17) is 14.2 Å². The number of ether oxygens (including phenoxy) is 3. The Morgan fingerprint density at radius 1 is 0.388 bits per heavy atom. The Morgan fingerprint density at radius 2 is 0.673 bits per heavy atom. The molecule has 0 bridgehead atoms. The molecule has 0 heterocycles. The minimum Gasteiger partial charge on any atom is -0.462 e. The summed E-state index contributed by atoms with van der Waals surface area (Å²) in [5.74, 6) is -0.0309. The molecular weight excluding hydrogens is 612 g/mol. The first-order valence-electron chi connectivity index (χ1n) is 21.4. The van der Waals surface area contributed by atoms with Crippen molar-refractivity contribution in [3.63, 3.8) is 0 Å². The summed E-state index contributed by atoms with van der Waals surface area (Å²) in [5, 5.41) is 0. The second kappa shape index (κ2) is 37.7. The van der Waals surface area contributed by atoms with Gasteiger partial charge in [0.05, 0.1) is 0 Å². The number of unbranched alkanes of at least 4 members (excludes halogenated alkanes) is 25. The molecule has 6 heteroatoms. The fraction of sp³-hybridized carbons (Fsp3) is 0.930. The van der Waals surface area contributed by atoms with Gasteiger partial charge < -0.3 is 14.2 Å². The van der Waals surface area contributed by atoms with Gasteiger partial charge in [-0.1, -0.05) is 195 Å². The number of carbonyl (C=O) groups is 3. The zero-order valence-electron chi connectivity index (χ0n) is 33.1. The van der Waals surface area contributed by atoms with Crippen molar-refractivity contribution in [2.45, 2.75) is 239 Å². The van der Waals surface area contributed by atoms with E-state index >= 15 is 0 Å². The third-order valence-corrected chi connectivity index (χ3v) is 9.54. The van der Waals surface area contributed by atoms with Crippen LogP contribution < -0.4 is 0 Å². The molecule has 0 radical (unpaired) electrons. The lowest BCUT2D eigenvalue weighted by Crippen LogP contribution is -2.30. The van der Waals surface area contributed by atoms with E-state index in [1.165, 1.54) is 122 Å². The van der Waals surface area contributed by atoms with Gasteiger partial charge in [0.2, 0.25) is 0 Å². The van der Waals surface area contributed by atoms with E-state index < -0.39 is 6.10 Å². The summed E-state index contributed by atoms with van der Waals surface area (Å²) in [4.78, 5) is 37.3. The van der Waals surface area contributed by atoms with Crippen LogP contribution >= 0.6 is 0 Å². The lowest BCUT2D eigenvalue weighted by atomic mass is 10.0. The Bertz CT molecular complexity index is 736. The molecule has 0 aliphatic heterocycles. The number of hydrogen-bond donors (Lipinski definition) is 0. The first kappa shape index (κ1) is 47.4. The molecule has 0 aromatic heterocycles. The largest absolute Gasteiger partial charge is 0.462 e. The van der Waals surface area contributed by atoms with E-state index in [-0.39, 0.29) is 31.1 Å². The number of rotatable bonds is 38. The van der Waals surface area contributed by atoms with Crippen LogP contribution in [0, 0.1) is 5.92 Å². The van der Waals surface area contributed by atoms with Crippen LogP contribution in [0.15, 0.2) is 0 Å². The van der Waals surface area contributed by atoms with Crippen LogP contribution in [-0.2, 0) is 28.6 Å². The maximum atomic E-state index is 12.6. The van der Waals surface area contributed by atoms with E-state index in [2.05, 4.69) is 27.7 Å². The van der Waals surface area contributed by atoms with Gasteiger partial charge in [-0.25, -0.2) is 0 Å². The summed E-state index contributed by atoms with van der Waals surface area (Å²) in [6.07, 6.45) is 35.5. The average Bonchev–Trinajstić information content (AvgIpc) is 3.08. The van der Waals surface area contributed by atoms with Gasteiger partial charge in [0.1, 0.15) is 13.2 Å². The summed E-state index contributed by atoms with van der Waals surface area (Å²) < 4.78 is 16.5. The molecule has 0 aromatic carbocycles. The molecule has 0 aliphatic carbocycles. The first-order chi connectivity index (χ1) is 23.9. The zero-order chi connectivity index (χ0) is 36.0. The summed E-state index contributed by atoms with van der Waals surface area (Å²) in [6, 6.07) is 0. The normalized spacial score (nSPS) is 11.9. The molecule has 0 fully saturated rings. The Balaban J connectivity index is 4.16. The standard InChI is InChI=1S/C43H82O6/c1-5-7-9-11-12-19-23-27-31-35-42(45)48-38-40(37-47-41(44)34-30-25-10-8-6-2)49-43(46)36-32-28-24-21-18-16-14-13-15-17-20-22-26-29-33-39(3)4/h39-40H,5-38H2,1-4H3/t40-/m1/s1. The molecule has 0 aliphatic rings. The molecule has 0 saturated carbocycles. The van der Waals surface area contributed by atoms with Crippen LogP contribution in [0.4, 0.5) is 0 Å². The Labute approximate surface area is 304 Å². The van der Waals surface area contributed by atoms with Crippen LogP contribution in [0.5, 0.6) is 0 Å². The molecule has 0 spiro atoms. The fourth-order valence-corrected chi connectivity index (χ4v) is 6.27. The summed E-state index contributed by atoms with van der Waals surface area (Å²) in [5.41, 5.74) is 0. The van der Waals surface area contributed by atoms with E-state index in [0.29, 0.717) is 19.3 Å². The van der Waals surface area contributed by atoms with Crippen molar-refractivity contribution in [1.82, 2.24) is 0 Å². The summed E-state index contributed by atoms with van der Waals surface area (Å²) >= 11 is 0. The minimum absolute atomic E-state index is 0.0654. The number of carbonyl (C=O) groups excluding carboxylic acids is 3. The van der Waals surface area contributed by atoms with E-state index in [9.17, 15) is 14.4 Å². The molecule has 0 N–H and O–H groups in total. The Kier molecular flexibility index (Phi) is 36.4. The quantitative estimate of drug-likeness (QED) is 0.0364. The first-order valence-corrected chi connectivity index (χ1v) is 21.4. The fourth-order valence-electron chi connectivity index (χ4n) is 6.27. The van der Waals surface area contributed by atoms with Crippen molar-refractivity contribution in [3.05, 3.63) is 0 Å². The molecule has 0 unspecified atom stereocenters. The smallest absolute Gasteiger partial charge is 0.306 e. The van der Waals surface area contributed by atoms with Gasteiger partial charge in [-0.2, -0.15) is 0 Å². The van der Waals surface area contributed by atoms with Crippen LogP contribution in [-0.4, -0.2) is 37.2 Å². The van der Waals surface area contributed by atoms with Crippen molar-refractivity contribution in [2.75, 3.05) is 13.2 Å². The third-order valence-electron chi connectivity index (χ3n) is 9.54. The summed E-state index contributed by atoms with van der Waals surface area (Å²) in [7, 11) is 0. The molecule has 0 amide bonds. The molecule has 0 rings (SSSR count). The van der Waals surface area contributed by atoms with Crippen LogP contribution in [0.2, 0.25) is 0 Å². The van der Waals surface area contributed by atoms with Crippen molar-refractivity contribution in [1.29, 1.82) is 0 Å². The maximum Gasteiger partial charge on any atom is 0.306 e. The highest BCUT2D eigenvalue weighted by molar-refractivity contribution is 5.71. The zero-order valence-corrected chi connectivity index (χ0v) is 33.1. The number of hydrogen-bond acceptors (Lipinski definition) is 6. The predicted molar refractivity (Wildman–Crippen MR) is 206 cm³/mol. The van der Waals surface area contributed by atoms with Crippen LogP contribution in [0.25, 0.3) is 0 Å². The van der Waals surface area contributed by atoms with Crippen molar-refractivity contribution in [3.8, 4) is 0 Å². The van der Waals surface area contributed by atoms with Gasteiger partial charge in [-0.3, -0.25) is 14.4 Å². The van der Waals surface area contributed by atoms with Crippen molar-refractivity contribution < 1.29 is 28.6 Å². The monoisotopic (exact) mass is 695 g/mol. The van der Waals surface area contributed by atoms with Crippen molar-refractivity contribution in [2.24, 2.45) is 5.92 Å². The van der Waals surface area contributed by atoms with Gasteiger partial charge in [-0.15, -0.1) is 0 Å². The Morgan fingerprint density at radius 3 is 1.00 bits per heavy atom. The van der Waals surface area contributed by atoms with Gasteiger partial charge in [-0.05, 0) is 25.2 Å². The van der Waals surface area contributed by atoms with Crippen molar-refractivity contribution >= 4 is 17.9 Å². The molecule has 0 aromatic rings. The molecule has 290 valence electrons. The van der Waals surface area contributed by atoms with Gasteiger partial charge >= 0.3 is 17.9 Å². The lowest BCUT2D eigenvalue weighted by Gasteiger charge is -2.18. The molecule has 1 atom stereocenters. The second-order valence-electron chi connectivity index (χ2n) is 15.1. The number of esters is 3. The lowest BCUT2D eigenvalue weighted by molar-refractivity contribution is -0.167. The minimum atomic E-state index is -0.756. The molecule has 6 nitrogen and oxygen atoms in total. The Hall–Kier alpha value is -1.59. The van der Waals surface area contributed by atoms with E-state index in [0.717, 1.165) is 70.1 Å². The van der Waals surface area contributed by atoms with Gasteiger partial charge in [0.25, 0.3) is 0 Å². The highest BCUT2D eigenvalue weighted by Crippen LogP contribution is 2.16. The molecular formula is C43H82O6. The SMILES string of the molecule is CCCCCCCCCCCC(=O)OC[C@@H](COC(=O)CCCCCCC)OC(=O)CCCCCCCCCCCCCCCCC(C)C. The highest BCUT2D eigenvalue weighted by atomic mass is 16.6. The molecule has 0 saturated heterocycles. The highest BCUT2D eigenvalue weighted by Gasteiger charge is 2.19. The third kappa shape index (κ3) is 37.5. The topological polar surface area (TPSA) is 78.9 Å². The maximum absolute atomic E-state index is 12.6.